The Kier molecular flexibility index (Phi) is 5.91. The second kappa shape index (κ2) is 9.81. The van der Waals surface area contributed by atoms with E-state index in [1.807, 2.05) is 36.4 Å². The molecule has 6 rings (SSSR count). The Labute approximate surface area is 211 Å². The van der Waals surface area contributed by atoms with Crippen molar-refractivity contribution in [2.75, 3.05) is 0 Å². The van der Waals surface area contributed by atoms with Crippen LogP contribution in [0.1, 0.15) is 0 Å². The first-order valence-corrected chi connectivity index (χ1v) is 12.1. The summed E-state index contributed by atoms with van der Waals surface area (Å²) in [5, 5.41) is 0. The molecule has 0 bridgehead atoms. The van der Waals surface area contributed by atoms with E-state index in [9.17, 15) is 0 Å². The first-order chi connectivity index (χ1) is 17.8. The van der Waals surface area contributed by atoms with E-state index in [-0.39, 0.29) is 0 Å². The summed E-state index contributed by atoms with van der Waals surface area (Å²) >= 11 is 0. The third-order valence-electron chi connectivity index (χ3n) is 6.31. The maximum atomic E-state index is 5.03. The molecule has 0 saturated carbocycles. The molecule has 0 atom stereocenters. The molecule has 2 nitrogen and oxygen atoms in total. The Morgan fingerprint density at radius 2 is 0.750 bits per heavy atom. The maximum Gasteiger partial charge on any atom is 0.160 e. The smallest absolute Gasteiger partial charge is 0.160 e. The van der Waals surface area contributed by atoms with Crippen molar-refractivity contribution in [3.05, 3.63) is 146 Å². The molecule has 170 valence electrons. The highest BCUT2D eigenvalue weighted by Gasteiger charge is 2.14. The van der Waals surface area contributed by atoms with E-state index in [0.717, 1.165) is 33.9 Å². The van der Waals surface area contributed by atoms with Gasteiger partial charge in [-0.1, -0.05) is 133 Å². The van der Waals surface area contributed by atoms with E-state index in [0.29, 0.717) is 0 Å². The van der Waals surface area contributed by atoms with Crippen molar-refractivity contribution >= 4 is 0 Å². The van der Waals surface area contributed by atoms with E-state index in [4.69, 9.17) is 9.97 Å². The van der Waals surface area contributed by atoms with Gasteiger partial charge in [0.05, 0.1) is 11.4 Å². The van der Waals surface area contributed by atoms with Gasteiger partial charge in [0.15, 0.2) is 5.82 Å². The fourth-order valence-corrected chi connectivity index (χ4v) is 4.50. The number of nitrogens with zero attached hydrogens (tertiary/aromatic N) is 2. The van der Waals surface area contributed by atoms with Crippen LogP contribution in [0.4, 0.5) is 0 Å². The lowest BCUT2D eigenvalue weighted by atomic mass is 9.92. The Morgan fingerprint density at radius 1 is 0.306 bits per heavy atom. The number of rotatable bonds is 5. The maximum absolute atomic E-state index is 5.03. The highest BCUT2D eigenvalue weighted by molar-refractivity contribution is 5.87. The van der Waals surface area contributed by atoms with Gasteiger partial charge in [-0.3, -0.25) is 0 Å². The molecule has 0 radical (unpaired) electrons. The minimum Gasteiger partial charge on any atom is -0.228 e. The topological polar surface area (TPSA) is 25.8 Å². The molecule has 0 saturated heterocycles. The molecule has 0 aliphatic rings. The molecule has 0 aliphatic heterocycles. The molecule has 6 aromatic rings. The van der Waals surface area contributed by atoms with Gasteiger partial charge in [0.1, 0.15) is 0 Å². The zero-order valence-electron chi connectivity index (χ0n) is 19.8. The van der Waals surface area contributed by atoms with Crippen LogP contribution in [0, 0.1) is 0 Å². The van der Waals surface area contributed by atoms with Crippen LogP contribution >= 0.6 is 0 Å². The Balaban J connectivity index is 1.55. The molecule has 0 N–H and O–H groups in total. The third-order valence-corrected chi connectivity index (χ3v) is 6.31. The van der Waals surface area contributed by atoms with E-state index in [2.05, 4.69) is 109 Å². The van der Waals surface area contributed by atoms with Crippen molar-refractivity contribution in [3.8, 4) is 56.2 Å². The second-order valence-corrected chi connectivity index (χ2v) is 8.69. The quantitative estimate of drug-likeness (QED) is 0.257. The van der Waals surface area contributed by atoms with Crippen LogP contribution < -0.4 is 0 Å². The summed E-state index contributed by atoms with van der Waals surface area (Å²) in [5.74, 6) is 0.723. The van der Waals surface area contributed by atoms with Gasteiger partial charge in [0.2, 0.25) is 0 Å². The lowest BCUT2D eigenvalue weighted by molar-refractivity contribution is 1.18. The van der Waals surface area contributed by atoms with Gasteiger partial charge >= 0.3 is 0 Å². The van der Waals surface area contributed by atoms with Crippen LogP contribution in [0.15, 0.2) is 146 Å². The van der Waals surface area contributed by atoms with Gasteiger partial charge in [0, 0.05) is 16.7 Å². The average molecular weight is 461 g/mol. The largest absolute Gasteiger partial charge is 0.228 e. The van der Waals surface area contributed by atoms with Gasteiger partial charge in [-0.15, -0.1) is 0 Å². The van der Waals surface area contributed by atoms with E-state index >= 15 is 0 Å². The van der Waals surface area contributed by atoms with Crippen LogP contribution in [-0.4, -0.2) is 9.97 Å². The van der Waals surface area contributed by atoms with Crippen LogP contribution in [0.5, 0.6) is 0 Å². The van der Waals surface area contributed by atoms with Crippen LogP contribution in [0.25, 0.3) is 56.2 Å². The fraction of sp³-hybridized carbons (Fsp3) is 0. The van der Waals surface area contributed by atoms with Crippen molar-refractivity contribution in [3.63, 3.8) is 0 Å². The number of aromatic nitrogens is 2. The Morgan fingerprint density at radius 3 is 1.31 bits per heavy atom. The second-order valence-electron chi connectivity index (χ2n) is 8.69. The molecule has 5 aromatic carbocycles. The molecule has 36 heavy (non-hydrogen) atoms. The first-order valence-electron chi connectivity index (χ1n) is 12.1. The molecule has 0 amide bonds. The van der Waals surface area contributed by atoms with Gasteiger partial charge in [-0.2, -0.15) is 0 Å². The predicted octanol–water partition coefficient (Wildman–Crippen LogP) is 8.81. The van der Waals surface area contributed by atoms with Crippen LogP contribution in [-0.2, 0) is 0 Å². The first kappa shape index (κ1) is 21.7. The summed E-state index contributed by atoms with van der Waals surface area (Å²) in [4.78, 5) is 9.96. The fourth-order valence-electron chi connectivity index (χ4n) is 4.50. The third kappa shape index (κ3) is 4.45. The van der Waals surface area contributed by atoms with E-state index in [1.165, 1.54) is 22.3 Å². The van der Waals surface area contributed by atoms with Gasteiger partial charge < -0.3 is 0 Å². The highest BCUT2D eigenvalue weighted by atomic mass is 14.9. The number of hydrogen-bond acceptors (Lipinski definition) is 2. The molecule has 1 aromatic heterocycles. The lowest BCUT2D eigenvalue weighted by Gasteiger charge is -2.14. The molecule has 0 unspecified atom stereocenters. The summed E-state index contributed by atoms with van der Waals surface area (Å²) in [6, 6.07) is 50.3. The van der Waals surface area contributed by atoms with Crippen molar-refractivity contribution in [2.45, 2.75) is 0 Å². The normalized spacial score (nSPS) is 10.8. The summed E-state index contributed by atoms with van der Waals surface area (Å²) in [6.45, 7) is 0. The van der Waals surface area contributed by atoms with Gasteiger partial charge in [-0.05, 0) is 34.4 Å². The minimum atomic E-state index is 0.723. The molecular formula is C34H24N2. The monoisotopic (exact) mass is 460 g/mol. The summed E-state index contributed by atoms with van der Waals surface area (Å²) in [7, 11) is 0. The lowest BCUT2D eigenvalue weighted by Crippen LogP contribution is -1.96. The van der Waals surface area contributed by atoms with Crippen molar-refractivity contribution < 1.29 is 0 Å². The highest BCUT2D eigenvalue weighted by Crippen LogP contribution is 2.36. The molecular weight excluding hydrogens is 436 g/mol. The number of hydrogen-bond donors (Lipinski definition) is 0. The molecule has 2 heteroatoms. The molecule has 0 fully saturated rings. The Bertz CT molecular complexity index is 1540. The molecule has 0 spiro atoms. The zero-order chi connectivity index (χ0) is 24.2. The van der Waals surface area contributed by atoms with Gasteiger partial charge in [0.25, 0.3) is 0 Å². The van der Waals surface area contributed by atoms with Crippen LogP contribution in [0.2, 0.25) is 0 Å². The summed E-state index contributed by atoms with van der Waals surface area (Å²) in [6.07, 6.45) is 0. The molecule has 0 aliphatic carbocycles. The van der Waals surface area contributed by atoms with Crippen molar-refractivity contribution in [1.29, 1.82) is 0 Å². The van der Waals surface area contributed by atoms with Crippen molar-refractivity contribution in [1.82, 2.24) is 9.97 Å². The summed E-state index contributed by atoms with van der Waals surface area (Å²) < 4.78 is 0. The molecule has 1 heterocycles. The number of benzene rings is 5. The van der Waals surface area contributed by atoms with Crippen LogP contribution in [0.3, 0.4) is 0 Å². The van der Waals surface area contributed by atoms with E-state index < -0.39 is 0 Å². The Hall–Kier alpha value is -4.82. The zero-order valence-corrected chi connectivity index (χ0v) is 19.8. The standard InChI is InChI=1S/C34H24N2/c1-5-13-25(14-6-1)30-22-21-29(23-31(30)26-15-7-2-8-16-26)33-24-32(27-17-9-3-10-18-27)35-34(36-33)28-19-11-4-12-20-28/h1-24H. The predicted molar refractivity (Wildman–Crippen MR) is 149 cm³/mol. The SMILES string of the molecule is c1ccc(-c2cc(-c3ccc(-c4ccccc4)c(-c4ccccc4)c3)nc(-c3ccccc3)n2)cc1. The average Bonchev–Trinajstić information content (AvgIpc) is 2.98. The van der Waals surface area contributed by atoms with E-state index in [1.54, 1.807) is 0 Å². The minimum absolute atomic E-state index is 0.723. The summed E-state index contributed by atoms with van der Waals surface area (Å²) in [5.41, 5.74) is 9.70. The van der Waals surface area contributed by atoms with Crippen molar-refractivity contribution in [2.24, 2.45) is 0 Å². The van der Waals surface area contributed by atoms with Gasteiger partial charge in [-0.25, -0.2) is 9.97 Å².